The fourth-order valence-electron chi connectivity index (χ4n) is 2.26. The number of rotatable bonds is 4. The van der Waals surface area contributed by atoms with Crippen LogP contribution in [-0.4, -0.2) is 39.4 Å². The molecule has 1 heterocycles. The van der Waals surface area contributed by atoms with Crippen molar-refractivity contribution in [3.63, 3.8) is 0 Å². The van der Waals surface area contributed by atoms with E-state index in [0.29, 0.717) is 6.10 Å². The molecule has 0 radical (unpaired) electrons. The van der Waals surface area contributed by atoms with E-state index < -0.39 is 0 Å². The van der Waals surface area contributed by atoms with Crippen molar-refractivity contribution in [3.8, 4) is 0 Å². The van der Waals surface area contributed by atoms with Gasteiger partial charge in [0.05, 0.1) is 12.7 Å². The standard InChI is InChI=1S/C14H21ClN2O/c1-11-3-4-12(15)9-14(11)17(2)7-5-13-10-16-6-8-18-13/h3-4,9,13,16H,5-8,10H2,1-2H3. The van der Waals surface area contributed by atoms with Crippen LogP contribution in [0.4, 0.5) is 5.69 Å². The molecule has 1 fully saturated rings. The van der Waals surface area contributed by atoms with Gasteiger partial charge in [0.25, 0.3) is 0 Å². The van der Waals surface area contributed by atoms with Gasteiger partial charge in [-0.05, 0) is 31.0 Å². The van der Waals surface area contributed by atoms with Gasteiger partial charge in [-0.2, -0.15) is 0 Å². The lowest BCUT2D eigenvalue weighted by molar-refractivity contribution is 0.0250. The summed E-state index contributed by atoms with van der Waals surface area (Å²) >= 11 is 6.05. The first-order valence-electron chi connectivity index (χ1n) is 6.46. The van der Waals surface area contributed by atoms with E-state index in [1.165, 1.54) is 11.3 Å². The van der Waals surface area contributed by atoms with Gasteiger partial charge in [-0.15, -0.1) is 0 Å². The van der Waals surface area contributed by atoms with Crippen LogP contribution in [0.2, 0.25) is 5.02 Å². The number of morpholine rings is 1. The van der Waals surface area contributed by atoms with E-state index in [0.717, 1.165) is 37.7 Å². The van der Waals surface area contributed by atoms with Crippen LogP contribution in [0.1, 0.15) is 12.0 Å². The summed E-state index contributed by atoms with van der Waals surface area (Å²) in [5.41, 5.74) is 2.45. The van der Waals surface area contributed by atoms with E-state index in [-0.39, 0.29) is 0 Å². The van der Waals surface area contributed by atoms with Crippen LogP contribution < -0.4 is 10.2 Å². The topological polar surface area (TPSA) is 24.5 Å². The van der Waals surface area contributed by atoms with Gasteiger partial charge in [0.1, 0.15) is 0 Å². The molecule has 2 rings (SSSR count). The van der Waals surface area contributed by atoms with Gasteiger partial charge >= 0.3 is 0 Å². The average molecular weight is 269 g/mol. The monoisotopic (exact) mass is 268 g/mol. The Hall–Kier alpha value is -0.770. The number of nitrogens with one attached hydrogen (secondary N) is 1. The van der Waals surface area contributed by atoms with Crippen molar-refractivity contribution < 1.29 is 4.74 Å². The maximum absolute atomic E-state index is 6.05. The van der Waals surface area contributed by atoms with E-state index in [2.05, 4.69) is 30.3 Å². The molecule has 1 atom stereocenters. The second-order valence-corrected chi connectivity index (χ2v) is 5.27. The number of ether oxygens (including phenoxy) is 1. The predicted molar refractivity (Wildman–Crippen MR) is 76.7 cm³/mol. The van der Waals surface area contributed by atoms with Crippen molar-refractivity contribution >= 4 is 17.3 Å². The minimum absolute atomic E-state index is 0.334. The van der Waals surface area contributed by atoms with E-state index in [1.54, 1.807) is 0 Å². The quantitative estimate of drug-likeness (QED) is 0.908. The Labute approximate surface area is 114 Å². The number of hydrogen-bond donors (Lipinski definition) is 1. The molecule has 1 N–H and O–H groups in total. The third kappa shape index (κ3) is 3.61. The minimum Gasteiger partial charge on any atom is -0.376 e. The predicted octanol–water partition coefficient (Wildman–Crippen LogP) is 2.46. The van der Waals surface area contributed by atoms with Gasteiger partial charge in [-0.1, -0.05) is 17.7 Å². The first-order valence-corrected chi connectivity index (χ1v) is 6.84. The molecular formula is C14H21ClN2O. The molecule has 1 aromatic carbocycles. The minimum atomic E-state index is 0.334. The van der Waals surface area contributed by atoms with Crippen LogP contribution in [-0.2, 0) is 4.74 Å². The molecule has 4 heteroatoms. The van der Waals surface area contributed by atoms with Crippen molar-refractivity contribution in [1.29, 1.82) is 0 Å². The summed E-state index contributed by atoms with van der Waals surface area (Å²) in [5, 5.41) is 4.14. The zero-order valence-electron chi connectivity index (χ0n) is 11.1. The highest BCUT2D eigenvalue weighted by atomic mass is 35.5. The molecule has 1 aromatic rings. The van der Waals surface area contributed by atoms with Crippen molar-refractivity contribution in [2.24, 2.45) is 0 Å². The Morgan fingerprint density at radius 2 is 2.33 bits per heavy atom. The summed E-state index contributed by atoms with van der Waals surface area (Å²) in [6, 6.07) is 6.02. The Morgan fingerprint density at radius 1 is 1.50 bits per heavy atom. The van der Waals surface area contributed by atoms with Gasteiger partial charge in [0.15, 0.2) is 0 Å². The first kappa shape index (κ1) is 13.7. The Kier molecular flexibility index (Phi) is 4.87. The first-order chi connectivity index (χ1) is 8.66. The van der Waals surface area contributed by atoms with Crippen LogP contribution in [0.15, 0.2) is 18.2 Å². The van der Waals surface area contributed by atoms with E-state index in [4.69, 9.17) is 16.3 Å². The van der Waals surface area contributed by atoms with Crippen molar-refractivity contribution in [3.05, 3.63) is 28.8 Å². The van der Waals surface area contributed by atoms with Crippen LogP contribution in [0, 0.1) is 6.92 Å². The fourth-order valence-corrected chi connectivity index (χ4v) is 2.42. The molecule has 0 aliphatic carbocycles. The van der Waals surface area contributed by atoms with Gasteiger partial charge < -0.3 is 15.0 Å². The van der Waals surface area contributed by atoms with Gasteiger partial charge in [0, 0.05) is 37.4 Å². The van der Waals surface area contributed by atoms with E-state index in [9.17, 15) is 0 Å². The molecule has 0 amide bonds. The Morgan fingerprint density at radius 3 is 3.06 bits per heavy atom. The van der Waals surface area contributed by atoms with Crippen LogP contribution >= 0.6 is 11.6 Å². The third-order valence-corrected chi connectivity index (χ3v) is 3.61. The van der Waals surface area contributed by atoms with Crippen LogP contribution in [0.5, 0.6) is 0 Å². The second kappa shape index (κ2) is 6.41. The molecule has 1 unspecified atom stereocenters. The average Bonchev–Trinajstić information content (AvgIpc) is 2.40. The summed E-state index contributed by atoms with van der Waals surface area (Å²) in [6.45, 7) is 5.85. The maximum Gasteiger partial charge on any atom is 0.0716 e. The largest absolute Gasteiger partial charge is 0.376 e. The number of anilines is 1. The van der Waals surface area contributed by atoms with Crippen molar-refractivity contribution in [2.45, 2.75) is 19.4 Å². The molecule has 3 nitrogen and oxygen atoms in total. The summed E-state index contributed by atoms with van der Waals surface area (Å²) in [4.78, 5) is 2.25. The molecule has 1 aliphatic heterocycles. The number of hydrogen-bond acceptors (Lipinski definition) is 3. The molecule has 0 saturated carbocycles. The van der Waals surface area contributed by atoms with E-state index >= 15 is 0 Å². The molecule has 0 spiro atoms. The van der Waals surface area contributed by atoms with Crippen molar-refractivity contribution in [2.75, 3.05) is 38.2 Å². The van der Waals surface area contributed by atoms with E-state index in [1.807, 2.05) is 12.1 Å². The molecule has 0 aromatic heterocycles. The highest BCUT2D eigenvalue weighted by Crippen LogP contribution is 2.23. The molecule has 1 aliphatic rings. The molecule has 0 bridgehead atoms. The molecule has 100 valence electrons. The summed E-state index contributed by atoms with van der Waals surface area (Å²) in [7, 11) is 2.11. The maximum atomic E-state index is 6.05. The second-order valence-electron chi connectivity index (χ2n) is 4.84. The summed E-state index contributed by atoms with van der Waals surface area (Å²) < 4.78 is 5.70. The highest BCUT2D eigenvalue weighted by molar-refractivity contribution is 6.30. The fraction of sp³-hybridized carbons (Fsp3) is 0.571. The SMILES string of the molecule is Cc1ccc(Cl)cc1N(C)CCC1CNCCO1. The number of halogens is 1. The number of benzene rings is 1. The highest BCUT2D eigenvalue weighted by Gasteiger charge is 2.14. The molecular weight excluding hydrogens is 248 g/mol. The number of aryl methyl sites for hydroxylation is 1. The smallest absolute Gasteiger partial charge is 0.0716 e. The van der Waals surface area contributed by atoms with Crippen molar-refractivity contribution in [1.82, 2.24) is 5.32 Å². The summed E-state index contributed by atoms with van der Waals surface area (Å²) in [5.74, 6) is 0. The Bertz CT molecular complexity index is 391. The number of nitrogens with zero attached hydrogens (tertiary/aromatic N) is 1. The zero-order chi connectivity index (χ0) is 13.0. The third-order valence-electron chi connectivity index (χ3n) is 3.37. The molecule has 1 saturated heterocycles. The summed E-state index contributed by atoms with van der Waals surface area (Å²) in [6.07, 6.45) is 1.37. The van der Waals surface area contributed by atoms with Crippen LogP contribution in [0.25, 0.3) is 0 Å². The lowest BCUT2D eigenvalue weighted by atomic mass is 10.1. The Balaban J connectivity index is 1.90. The lowest BCUT2D eigenvalue weighted by Crippen LogP contribution is -2.40. The normalized spacial score (nSPS) is 19.8. The lowest BCUT2D eigenvalue weighted by Gasteiger charge is -2.27. The zero-order valence-corrected chi connectivity index (χ0v) is 11.8. The van der Waals surface area contributed by atoms with Gasteiger partial charge in [-0.25, -0.2) is 0 Å². The van der Waals surface area contributed by atoms with Crippen LogP contribution in [0.3, 0.4) is 0 Å². The van der Waals surface area contributed by atoms with Gasteiger partial charge in [-0.3, -0.25) is 0 Å². The molecule has 18 heavy (non-hydrogen) atoms. The van der Waals surface area contributed by atoms with Gasteiger partial charge in [0.2, 0.25) is 0 Å².